The Balaban J connectivity index is 1.65. The number of carbonyl (C=O) groups excluding carboxylic acids is 1. The number of aliphatic hydroxyl groups is 1. The van der Waals surface area contributed by atoms with Gasteiger partial charge in [-0.05, 0) is 24.6 Å². The molecular weight excluding hydrogens is 258 g/mol. The highest BCUT2D eigenvalue weighted by molar-refractivity contribution is 5.89. The van der Waals surface area contributed by atoms with E-state index in [4.69, 9.17) is 0 Å². The second-order valence-corrected chi connectivity index (χ2v) is 4.67. The van der Waals surface area contributed by atoms with Crippen molar-refractivity contribution < 1.29 is 9.90 Å². The number of urea groups is 1. The van der Waals surface area contributed by atoms with Crippen molar-refractivity contribution in [2.24, 2.45) is 0 Å². The lowest BCUT2D eigenvalue weighted by molar-refractivity contribution is 0.176. The summed E-state index contributed by atoms with van der Waals surface area (Å²) < 4.78 is 1.64. The summed E-state index contributed by atoms with van der Waals surface area (Å²) in [5.41, 5.74) is 0.618. The number of β-amino-alcohol motifs (C(OH)–C–C–N with tert-alkyl or cyclic N) is 1. The van der Waals surface area contributed by atoms with Gasteiger partial charge in [0.1, 0.15) is 0 Å². The molecule has 7 nitrogen and oxygen atoms in total. The van der Waals surface area contributed by atoms with E-state index in [1.54, 1.807) is 40.3 Å². The summed E-state index contributed by atoms with van der Waals surface area (Å²) in [7, 11) is 0. The van der Waals surface area contributed by atoms with Crippen molar-refractivity contribution in [2.75, 3.05) is 18.4 Å². The molecule has 0 saturated carbocycles. The Morgan fingerprint density at radius 2 is 2.35 bits per heavy atom. The summed E-state index contributed by atoms with van der Waals surface area (Å²) in [6.45, 7) is 0.955. The Bertz CT molecular complexity index is 581. The van der Waals surface area contributed by atoms with Crippen molar-refractivity contribution in [1.82, 2.24) is 19.7 Å². The van der Waals surface area contributed by atoms with Crippen molar-refractivity contribution in [3.05, 3.63) is 36.8 Å². The van der Waals surface area contributed by atoms with E-state index in [-0.39, 0.29) is 6.03 Å². The van der Waals surface area contributed by atoms with E-state index in [0.717, 1.165) is 0 Å². The lowest BCUT2D eigenvalue weighted by atomic mass is 10.3. The Hall–Kier alpha value is -2.41. The fourth-order valence-electron chi connectivity index (χ4n) is 2.13. The van der Waals surface area contributed by atoms with Gasteiger partial charge in [0.15, 0.2) is 5.82 Å². The number of nitrogens with one attached hydrogen (secondary N) is 1. The zero-order valence-electron chi connectivity index (χ0n) is 10.8. The number of pyridine rings is 1. The molecule has 0 aliphatic carbocycles. The molecule has 2 amide bonds. The topological polar surface area (TPSA) is 83.3 Å². The second-order valence-electron chi connectivity index (χ2n) is 4.67. The van der Waals surface area contributed by atoms with Crippen molar-refractivity contribution in [3.63, 3.8) is 0 Å². The summed E-state index contributed by atoms with van der Waals surface area (Å²) in [5.74, 6) is 0.685. The number of rotatable bonds is 2. The van der Waals surface area contributed by atoms with E-state index < -0.39 is 6.10 Å². The molecule has 2 N–H and O–H groups in total. The van der Waals surface area contributed by atoms with E-state index in [1.165, 1.54) is 0 Å². The number of carbonyl (C=O) groups is 1. The first-order valence-corrected chi connectivity index (χ1v) is 6.42. The van der Waals surface area contributed by atoms with Gasteiger partial charge in [-0.15, -0.1) is 0 Å². The minimum Gasteiger partial charge on any atom is -0.391 e. The zero-order chi connectivity index (χ0) is 13.9. The lowest BCUT2D eigenvalue weighted by Gasteiger charge is -2.16. The van der Waals surface area contributed by atoms with Crippen LogP contribution in [0.25, 0.3) is 5.82 Å². The van der Waals surface area contributed by atoms with Crippen molar-refractivity contribution in [2.45, 2.75) is 12.5 Å². The SMILES string of the molecule is O=C(Nc1ccc(-n2cccn2)nc1)N1CCC(O)C1. The lowest BCUT2D eigenvalue weighted by Crippen LogP contribution is -2.33. The van der Waals surface area contributed by atoms with Crippen molar-refractivity contribution in [3.8, 4) is 5.82 Å². The van der Waals surface area contributed by atoms with Crippen molar-refractivity contribution >= 4 is 11.7 Å². The number of aliphatic hydroxyl groups excluding tert-OH is 1. The fourth-order valence-corrected chi connectivity index (χ4v) is 2.13. The molecule has 0 radical (unpaired) electrons. The quantitative estimate of drug-likeness (QED) is 0.850. The number of hydrogen-bond acceptors (Lipinski definition) is 4. The average molecular weight is 273 g/mol. The van der Waals surface area contributed by atoms with Gasteiger partial charge >= 0.3 is 6.03 Å². The van der Waals surface area contributed by atoms with Gasteiger partial charge in [-0.3, -0.25) is 0 Å². The van der Waals surface area contributed by atoms with Gasteiger partial charge in [-0.2, -0.15) is 5.10 Å². The van der Waals surface area contributed by atoms with E-state index in [9.17, 15) is 9.90 Å². The molecule has 1 aliphatic rings. The number of aromatic nitrogens is 3. The van der Waals surface area contributed by atoms with Gasteiger partial charge in [0.2, 0.25) is 0 Å². The molecule has 20 heavy (non-hydrogen) atoms. The minimum atomic E-state index is -0.416. The molecule has 1 unspecified atom stereocenters. The normalized spacial score (nSPS) is 18.2. The van der Waals surface area contributed by atoms with Gasteiger partial charge in [0, 0.05) is 25.5 Å². The molecule has 1 fully saturated rings. The van der Waals surface area contributed by atoms with Crippen LogP contribution < -0.4 is 5.32 Å². The van der Waals surface area contributed by atoms with E-state index >= 15 is 0 Å². The Kier molecular flexibility index (Phi) is 3.34. The van der Waals surface area contributed by atoms with Crippen LogP contribution in [0.1, 0.15) is 6.42 Å². The first-order chi connectivity index (χ1) is 9.72. The maximum absolute atomic E-state index is 11.9. The van der Waals surface area contributed by atoms with Gasteiger partial charge < -0.3 is 15.3 Å². The van der Waals surface area contributed by atoms with Crippen LogP contribution in [-0.2, 0) is 0 Å². The summed E-state index contributed by atoms with van der Waals surface area (Å²) in [6, 6.07) is 5.15. The molecular formula is C13H15N5O2. The smallest absolute Gasteiger partial charge is 0.321 e. The predicted octanol–water partition coefficient (Wildman–Crippen LogP) is 0.866. The first kappa shape index (κ1) is 12.6. The second kappa shape index (κ2) is 5.30. The highest BCUT2D eigenvalue weighted by atomic mass is 16.3. The standard InChI is InChI=1S/C13H15N5O2/c19-11-4-7-17(9-11)13(20)16-10-2-3-12(14-8-10)18-6-1-5-15-18/h1-3,5-6,8,11,19H,4,7,9H2,(H,16,20). The van der Waals surface area contributed by atoms with Crippen molar-refractivity contribution in [1.29, 1.82) is 0 Å². The number of hydrogen-bond donors (Lipinski definition) is 2. The molecule has 1 atom stereocenters. The summed E-state index contributed by atoms with van der Waals surface area (Å²) >= 11 is 0. The van der Waals surface area contributed by atoms with E-state index in [2.05, 4.69) is 15.4 Å². The van der Waals surface area contributed by atoms with Crippen LogP contribution in [0.4, 0.5) is 10.5 Å². The van der Waals surface area contributed by atoms with Crippen LogP contribution in [0.5, 0.6) is 0 Å². The molecule has 2 aromatic heterocycles. The van der Waals surface area contributed by atoms with E-state index in [1.807, 2.05) is 6.07 Å². The van der Waals surface area contributed by atoms with Gasteiger partial charge in [-0.25, -0.2) is 14.5 Å². The van der Waals surface area contributed by atoms with Crippen LogP contribution >= 0.6 is 0 Å². The summed E-state index contributed by atoms with van der Waals surface area (Å²) in [6.07, 6.45) is 5.27. The summed E-state index contributed by atoms with van der Waals surface area (Å²) in [4.78, 5) is 17.8. The maximum atomic E-state index is 11.9. The van der Waals surface area contributed by atoms with Gasteiger partial charge in [0.25, 0.3) is 0 Å². The third-order valence-electron chi connectivity index (χ3n) is 3.19. The first-order valence-electron chi connectivity index (χ1n) is 6.42. The number of nitrogens with zero attached hydrogens (tertiary/aromatic N) is 4. The van der Waals surface area contributed by atoms with E-state index in [0.29, 0.717) is 31.0 Å². The van der Waals surface area contributed by atoms with Gasteiger partial charge in [-0.1, -0.05) is 0 Å². The molecule has 3 rings (SSSR count). The molecule has 1 aliphatic heterocycles. The molecule has 104 valence electrons. The Morgan fingerprint density at radius 3 is 2.95 bits per heavy atom. The monoisotopic (exact) mass is 273 g/mol. The Morgan fingerprint density at radius 1 is 1.45 bits per heavy atom. The average Bonchev–Trinajstić information content (AvgIpc) is 3.10. The Labute approximate surface area is 115 Å². The summed E-state index contributed by atoms with van der Waals surface area (Å²) in [5, 5.41) is 16.3. The van der Waals surface area contributed by atoms with Crippen LogP contribution in [0.15, 0.2) is 36.8 Å². The number of anilines is 1. The fraction of sp³-hybridized carbons (Fsp3) is 0.308. The van der Waals surface area contributed by atoms with Crippen LogP contribution in [-0.4, -0.2) is 50.0 Å². The minimum absolute atomic E-state index is 0.213. The number of amides is 2. The molecule has 1 saturated heterocycles. The highest BCUT2D eigenvalue weighted by Gasteiger charge is 2.24. The molecule has 0 spiro atoms. The third-order valence-corrected chi connectivity index (χ3v) is 3.19. The predicted molar refractivity (Wildman–Crippen MR) is 72.6 cm³/mol. The van der Waals surface area contributed by atoms with Crippen LogP contribution in [0, 0.1) is 0 Å². The third kappa shape index (κ3) is 2.62. The largest absolute Gasteiger partial charge is 0.391 e. The molecule has 7 heteroatoms. The molecule has 0 aromatic carbocycles. The van der Waals surface area contributed by atoms with Crippen LogP contribution in [0.2, 0.25) is 0 Å². The number of likely N-dealkylation sites (tertiary alicyclic amines) is 1. The highest BCUT2D eigenvalue weighted by Crippen LogP contribution is 2.13. The maximum Gasteiger partial charge on any atom is 0.321 e. The zero-order valence-corrected chi connectivity index (χ0v) is 10.8. The van der Waals surface area contributed by atoms with Gasteiger partial charge in [0.05, 0.1) is 18.0 Å². The van der Waals surface area contributed by atoms with Crippen LogP contribution in [0.3, 0.4) is 0 Å². The molecule has 0 bridgehead atoms. The molecule has 3 heterocycles. The molecule has 2 aromatic rings.